The number of rotatable bonds is 6. The Hall–Kier alpha value is -8.47. The Morgan fingerprint density at radius 3 is 0.730 bits per heavy atom. The average Bonchev–Trinajstić information content (AvgIpc) is 4.00. The molecule has 63 heavy (non-hydrogen) atoms. The number of para-hydroxylation sites is 6. The first-order valence-corrected chi connectivity index (χ1v) is 21.5. The van der Waals surface area contributed by atoms with Crippen LogP contribution in [0.4, 0.5) is 0 Å². The fourth-order valence-corrected chi connectivity index (χ4v) is 9.96. The molecule has 4 nitrogen and oxygen atoms in total. The van der Waals surface area contributed by atoms with Crippen molar-refractivity contribution in [1.29, 1.82) is 0 Å². The van der Waals surface area contributed by atoms with Gasteiger partial charge in [0.2, 0.25) is 0 Å². The molecule has 13 aromatic rings. The van der Waals surface area contributed by atoms with E-state index < -0.39 is 0 Å². The fourth-order valence-electron chi connectivity index (χ4n) is 9.96. The predicted octanol–water partition coefficient (Wildman–Crippen LogP) is 15.4. The number of hydrogen-bond donors (Lipinski definition) is 0. The van der Waals surface area contributed by atoms with Crippen LogP contribution in [0.25, 0.3) is 116 Å². The number of pyridine rings is 1. The second-order valence-corrected chi connectivity index (χ2v) is 16.4. The van der Waals surface area contributed by atoms with Crippen molar-refractivity contribution in [2.75, 3.05) is 0 Å². The van der Waals surface area contributed by atoms with Crippen molar-refractivity contribution in [3.63, 3.8) is 0 Å². The van der Waals surface area contributed by atoms with Gasteiger partial charge in [-0.1, -0.05) is 146 Å². The zero-order chi connectivity index (χ0) is 41.4. The third kappa shape index (κ3) is 5.59. The lowest BCUT2D eigenvalue weighted by Crippen LogP contribution is -1.96. The van der Waals surface area contributed by atoms with Crippen LogP contribution in [0, 0.1) is 0 Å². The molecular weight excluding hydrogens is 765 g/mol. The highest BCUT2D eigenvalue weighted by Crippen LogP contribution is 2.37. The van der Waals surface area contributed by atoms with E-state index in [4.69, 9.17) is 4.98 Å². The van der Waals surface area contributed by atoms with Gasteiger partial charge in [-0.25, -0.2) is 4.98 Å². The summed E-state index contributed by atoms with van der Waals surface area (Å²) in [7, 11) is 0. The highest BCUT2D eigenvalue weighted by atomic mass is 15.0. The van der Waals surface area contributed by atoms with Gasteiger partial charge in [0.25, 0.3) is 0 Å². The first kappa shape index (κ1) is 35.3. The highest BCUT2D eigenvalue weighted by molar-refractivity contribution is 6.11. The summed E-state index contributed by atoms with van der Waals surface area (Å²) in [6.45, 7) is 0. The van der Waals surface area contributed by atoms with Crippen molar-refractivity contribution >= 4 is 65.4 Å². The molecule has 0 N–H and O–H groups in total. The third-order valence-corrected chi connectivity index (χ3v) is 12.9. The van der Waals surface area contributed by atoms with Crippen molar-refractivity contribution in [3.8, 4) is 50.7 Å². The van der Waals surface area contributed by atoms with Crippen LogP contribution in [0.1, 0.15) is 0 Å². The highest BCUT2D eigenvalue weighted by Gasteiger charge is 2.16. The van der Waals surface area contributed by atoms with Gasteiger partial charge in [-0.3, -0.25) is 0 Å². The quantitative estimate of drug-likeness (QED) is 0.165. The Morgan fingerprint density at radius 1 is 0.222 bits per heavy atom. The molecule has 0 aliphatic rings. The minimum Gasteiger partial charge on any atom is -0.309 e. The molecule has 0 amide bonds. The Morgan fingerprint density at radius 2 is 0.460 bits per heavy atom. The summed E-state index contributed by atoms with van der Waals surface area (Å²) in [5, 5.41) is 7.53. The molecule has 294 valence electrons. The van der Waals surface area contributed by atoms with Gasteiger partial charge in [-0.15, -0.1) is 0 Å². The van der Waals surface area contributed by atoms with Gasteiger partial charge in [0.05, 0.1) is 44.5 Å². The summed E-state index contributed by atoms with van der Waals surface area (Å²) in [5.41, 5.74) is 16.8. The van der Waals surface area contributed by atoms with Crippen molar-refractivity contribution in [3.05, 3.63) is 231 Å². The zero-order valence-electron chi connectivity index (χ0n) is 34.2. The lowest BCUT2D eigenvalue weighted by atomic mass is 9.99. The van der Waals surface area contributed by atoms with Gasteiger partial charge in [0.1, 0.15) is 0 Å². The topological polar surface area (TPSA) is 27.7 Å². The van der Waals surface area contributed by atoms with Crippen molar-refractivity contribution in [2.45, 2.75) is 0 Å². The molecule has 0 aliphatic carbocycles. The van der Waals surface area contributed by atoms with Gasteiger partial charge in [0, 0.05) is 60.5 Å². The molecular formula is C59H38N4. The Balaban J connectivity index is 0.933. The van der Waals surface area contributed by atoms with Gasteiger partial charge in [-0.05, 0) is 96.1 Å². The smallest absolute Gasteiger partial charge is 0.0715 e. The summed E-state index contributed by atoms with van der Waals surface area (Å²) < 4.78 is 7.09. The van der Waals surface area contributed by atoms with Crippen LogP contribution in [0.2, 0.25) is 0 Å². The largest absolute Gasteiger partial charge is 0.309 e. The Kier molecular flexibility index (Phi) is 7.87. The van der Waals surface area contributed by atoms with Gasteiger partial charge >= 0.3 is 0 Å². The lowest BCUT2D eigenvalue weighted by Gasteiger charge is -2.14. The molecule has 0 unspecified atom stereocenters. The Bertz CT molecular complexity index is 3300. The summed E-state index contributed by atoms with van der Waals surface area (Å²) in [6, 6.07) is 83.2. The second kappa shape index (κ2) is 14.1. The monoisotopic (exact) mass is 802 g/mol. The van der Waals surface area contributed by atoms with Crippen molar-refractivity contribution in [2.24, 2.45) is 0 Å². The van der Waals surface area contributed by atoms with Crippen molar-refractivity contribution in [1.82, 2.24) is 18.7 Å². The van der Waals surface area contributed by atoms with Crippen LogP contribution < -0.4 is 0 Å². The Labute approximate surface area is 363 Å². The molecule has 4 heterocycles. The predicted molar refractivity (Wildman–Crippen MR) is 264 cm³/mol. The van der Waals surface area contributed by atoms with Gasteiger partial charge < -0.3 is 13.7 Å². The van der Waals surface area contributed by atoms with Crippen LogP contribution in [-0.2, 0) is 0 Å². The SMILES string of the molecule is c1ccc2c(c1)c1ccccc1n2-c1ccc(-c2cc(-c3ccc(-n4c5ccccc5c5ccccc54)cc3)nc(-c3ccc(-n4c5ccccc5c5ccccc54)cc3)c2)cc1. The summed E-state index contributed by atoms with van der Waals surface area (Å²) >= 11 is 0. The summed E-state index contributed by atoms with van der Waals surface area (Å²) in [5.74, 6) is 0. The molecule has 13 rings (SSSR count). The van der Waals surface area contributed by atoms with Gasteiger partial charge in [-0.2, -0.15) is 0 Å². The van der Waals surface area contributed by atoms with E-state index in [2.05, 4.69) is 244 Å². The lowest BCUT2D eigenvalue weighted by molar-refractivity contribution is 1.18. The first-order chi connectivity index (χ1) is 31.2. The van der Waals surface area contributed by atoms with Crippen LogP contribution in [0.15, 0.2) is 231 Å². The number of hydrogen-bond acceptors (Lipinski definition) is 1. The number of nitrogens with zero attached hydrogens (tertiary/aromatic N) is 4. The maximum Gasteiger partial charge on any atom is 0.0715 e. The molecule has 0 saturated carbocycles. The van der Waals surface area contributed by atoms with E-state index in [0.717, 1.165) is 50.7 Å². The summed E-state index contributed by atoms with van der Waals surface area (Å²) in [4.78, 5) is 5.39. The van der Waals surface area contributed by atoms with Crippen LogP contribution in [-0.4, -0.2) is 18.7 Å². The van der Waals surface area contributed by atoms with E-state index in [1.165, 1.54) is 65.4 Å². The minimum absolute atomic E-state index is 0.925. The standard InChI is InChI=1S/C59H38N4/c1-7-19-54-46(13-1)47-14-2-8-20-55(47)61(54)43-31-25-39(26-32-43)42-37-52(40-27-33-44(34-28-40)62-56-21-9-3-15-48(56)49-16-4-10-22-57(49)62)60-53(38-42)41-29-35-45(36-30-41)63-58-23-11-5-17-50(58)51-18-6-12-24-59(51)63/h1-38H. The molecule has 0 spiro atoms. The fraction of sp³-hybridized carbons (Fsp3) is 0. The molecule has 0 radical (unpaired) electrons. The third-order valence-electron chi connectivity index (χ3n) is 12.9. The van der Waals surface area contributed by atoms with E-state index in [9.17, 15) is 0 Å². The molecule has 0 atom stereocenters. The van der Waals surface area contributed by atoms with Crippen LogP contribution >= 0.6 is 0 Å². The number of aromatic nitrogens is 4. The summed E-state index contributed by atoms with van der Waals surface area (Å²) in [6.07, 6.45) is 0. The zero-order valence-corrected chi connectivity index (χ0v) is 34.2. The second-order valence-electron chi connectivity index (χ2n) is 16.4. The molecule has 9 aromatic carbocycles. The molecule has 4 heteroatoms. The van der Waals surface area contributed by atoms with E-state index in [-0.39, 0.29) is 0 Å². The first-order valence-electron chi connectivity index (χ1n) is 21.5. The minimum atomic E-state index is 0.925. The molecule has 0 saturated heterocycles. The normalized spacial score (nSPS) is 11.8. The van der Waals surface area contributed by atoms with E-state index in [1.807, 2.05) is 0 Å². The van der Waals surface area contributed by atoms with Crippen LogP contribution in [0.5, 0.6) is 0 Å². The molecule has 0 aliphatic heterocycles. The van der Waals surface area contributed by atoms with Crippen molar-refractivity contribution < 1.29 is 0 Å². The van der Waals surface area contributed by atoms with E-state index in [1.54, 1.807) is 0 Å². The van der Waals surface area contributed by atoms with Crippen LogP contribution in [0.3, 0.4) is 0 Å². The maximum atomic E-state index is 5.39. The van der Waals surface area contributed by atoms with Gasteiger partial charge in [0.15, 0.2) is 0 Å². The molecule has 0 fully saturated rings. The number of fused-ring (bicyclic) bond motifs is 9. The van der Waals surface area contributed by atoms with E-state index in [0.29, 0.717) is 0 Å². The molecule has 0 bridgehead atoms. The average molecular weight is 803 g/mol. The molecule has 4 aromatic heterocycles. The van der Waals surface area contributed by atoms with E-state index >= 15 is 0 Å². The number of benzene rings is 9. The maximum absolute atomic E-state index is 5.39.